The van der Waals surface area contributed by atoms with Crippen molar-refractivity contribution in [2.45, 2.75) is 26.5 Å². The Hall–Kier alpha value is -2.43. The number of methoxy groups -OCH3 is 1. The predicted octanol–water partition coefficient (Wildman–Crippen LogP) is 3.07. The van der Waals surface area contributed by atoms with Crippen LogP contribution >= 0.6 is 0 Å². The van der Waals surface area contributed by atoms with Crippen LogP contribution in [0.15, 0.2) is 36.5 Å². The molecule has 0 atom stereocenters. The van der Waals surface area contributed by atoms with Crippen molar-refractivity contribution in [3.63, 3.8) is 0 Å². The number of aromatic nitrogens is 1. The number of ether oxygens (including phenoxy) is 2. The average molecular weight is 287 g/mol. The van der Waals surface area contributed by atoms with Crippen LogP contribution in [0.1, 0.15) is 19.4 Å². The van der Waals surface area contributed by atoms with E-state index in [1.807, 2.05) is 44.2 Å². The largest absolute Gasteiger partial charge is 0.495 e. The van der Waals surface area contributed by atoms with E-state index < -0.39 is 0 Å². The van der Waals surface area contributed by atoms with Crippen molar-refractivity contribution >= 4 is 11.4 Å². The number of nitrogens with two attached hydrogens (primary N) is 1. The molecule has 0 amide bonds. The molecule has 0 aliphatic rings. The van der Waals surface area contributed by atoms with Crippen LogP contribution in [0.2, 0.25) is 0 Å². The van der Waals surface area contributed by atoms with Gasteiger partial charge in [-0.15, -0.1) is 0 Å². The summed E-state index contributed by atoms with van der Waals surface area (Å²) in [4.78, 5) is 4.27. The van der Waals surface area contributed by atoms with E-state index in [1.54, 1.807) is 13.3 Å². The molecular formula is C16H21N3O2. The minimum atomic E-state index is 0.0838. The number of nitrogens with one attached hydrogen (secondary N) is 1. The Morgan fingerprint density at radius 2 is 2.05 bits per heavy atom. The first-order valence-electron chi connectivity index (χ1n) is 6.88. The maximum Gasteiger partial charge on any atom is 0.218 e. The Labute approximate surface area is 125 Å². The molecule has 112 valence electrons. The van der Waals surface area contributed by atoms with Gasteiger partial charge in [0.2, 0.25) is 5.88 Å². The van der Waals surface area contributed by atoms with E-state index >= 15 is 0 Å². The predicted molar refractivity (Wildman–Crippen MR) is 84.7 cm³/mol. The van der Waals surface area contributed by atoms with Crippen LogP contribution in [-0.2, 0) is 6.54 Å². The second-order valence-electron chi connectivity index (χ2n) is 4.91. The zero-order valence-corrected chi connectivity index (χ0v) is 12.6. The van der Waals surface area contributed by atoms with Gasteiger partial charge in [-0.2, -0.15) is 0 Å². The van der Waals surface area contributed by atoms with Crippen molar-refractivity contribution in [3.8, 4) is 11.6 Å². The fourth-order valence-electron chi connectivity index (χ4n) is 1.95. The Morgan fingerprint density at radius 1 is 1.24 bits per heavy atom. The molecule has 5 nitrogen and oxygen atoms in total. The second kappa shape index (κ2) is 6.83. The summed E-state index contributed by atoms with van der Waals surface area (Å²) in [5.74, 6) is 1.30. The molecule has 0 saturated carbocycles. The molecule has 3 N–H and O–H groups in total. The molecular weight excluding hydrogens is 266 g/mol. The summed E-state index contributed by atoms with van der Waals surface area (Å²) in [6, 6.07) is 9.51. The Morgan fingerprint density at radius 3 is 2.76 bits per heavy atom. The molecule has 0 radical (unpaired) electrons. The lowest BCUT2D eigenvalue weighted by atomic mass is 10.2. The summed E-state index contributed by atoms with van der Waals surface area (Å²) in [6.45, 7) is 4.53. The zero-order valence-electron chi connectivity index (χ0n) is 12.6. The highest BCUT2D eigenvalue weighted by Crippen LogP contribution is 2.29. The standard InChI is InChI=1S/C16H21N3O2/c1-11(2)21-16-12(6-5-9-18-16)10-19-13-7-4-8-14(20-3)15(13)17/h4-9,11,19H,10,17H2,1-3H3. The third-order valence-electron chi connectivity index (χ3n) is 2.95. The van der Waals surface area contributed by atoms with Gasteiger partial charge in [-0.25, -0.2) is 4.98 Å². The molecule has 0 unspecified atom stereocenters. The number of nitrogen functional groups attached to an aromatic ring is 1. The lowest BCUT2D eigenvalue weighted by Gasteiger charge is -2.15. The molecule has 1 aromatic carbocycles. The van der Waals surface area contributed by atoms with Gasteiger partial charge < -0.3 is 20.5 Å². The minimum absolute atomic E-state index is 0.0838. The molecule has 21 heavy (non-hydrogen) atoms. The van der Waals surface area contributed by atoms with Crippen LogP contribution in [0.5, 0.6) is 11.6 Å². The highest BCUT2D eigenvalue weighted by molar-refractivity contribution is 5.72. The van der Waals surface area contributed by atoms with Crippen molar-refractivity contribution in [1.82, 2.24) is 4.98 Å². The van der Waals surface area contributed by atoms with Gasteiger partial charge in [-0.3, -0.25) is 0 Å². The Balaban J connectivity index is 2.13. The number of pyridine rings is 1. The first-order chi connectivity index (χ1) is 10.1. The van der Waals surface area contributed by atoms with E-state index in [1.165, 1.54) is 0 Å². The summed E-state index contributed by atoms with van der Waals surface area (Å²) in [6.07, 6.45) is 1.81. The maximum absolute atomic E-state index is 6.04. The van der Waals surface area contributed by atoms with Crippen LogP contribution in [-0.4, -0.2) is 18.2 Å². The molecule has 1 heterocycles. The number of rotatable bonds is 6. The van der Waals surface area contributed by atoms with Crippen LogP contribution in [0.25, 0.3) is 0 Å². The number of para-hydroxylation sites is 1. The molecule has 1 aromatic heterocycles. The zero-order chi connectivity index (χ0) is 15.2. The van der Waals surface area contributed by atoms with Crippen molar-refractivity contribution < 1.29 is 9.47 Å². The van der Waals surface area contributed by atoms with Gasteiger partial charge in [0, 0.05) is 18.3 Å². The fourth-order valence-corrected chi connectivity index (χ4v) is 1.95. The quantitative estimate of drug-likeness (QED) is 0.799. The number of hydrogen-bond acceptors (Lipinski definition) is 5. The van der Waals surface area contributed by atoms with E-state index in [0.29, 0.717) is 23.9 Å². The van der Waals surface area contributed by atoms with E-state index in [0.717, 1.165) is 11.3 Å². The highest BCUT2D eigenvalue weighted by Gasteiger charge is 2.09. The Kier molecular flexibility index (Phi) is 4.87. The fraction of sp³-hybridized carbons (Fsp3) is 0.312. The minimum Gasteiger partial charge on any atom is -0.495 e. The molecule has 0 aliphatic heterocycles. The molecule has 2 aromatic rings. The molecule has 0 spiro atoms. The van der Waals surface area contributed by atoms with Crippen molar-refractivity contribution in [3.05, 3.63) is 42.1 Å². The first kappa shape index (κ1) is 15.0. The van der Waals surface area contributed by atoms with Gasteiger partial charge in [0.15, 0.2) is 0 Å². The second-order valence-corrected chi connectivity index (χ2v) is 4.91. The van der Waals surface area contributed by atoms with Crippen LogP contribution in [0, 0.1) is 0 Å². The molecule has 0 fully saturated rings. The topological polar surface area (TPSA) is 69.4 Å². The average Bonchev–Trinajstić information content (AvgIpc) is 2.47. The highest BCUT2D eigenvalue weighted by atomic mass is 16.5. The summed E-state index contributed by atoms with van der Waals surface area (Å²) in [5, 5.41) is 3.29. The molecule has 0 saturated heterocycles. The van der Waals surface area contributed by atoms with Crippen molar-refractivity contribution in [2.75, 3.05) is 18.2 Å². The first-order valence-corrected chi connectivity index (χ1v) is 6.88. The number of nitrogens with zero attached hydrogens (tertiary/aromatic N) is 1. The SMILES string of the molecule is COc1cccc(NCc2cccnc2OC(C)C)c1N. The number of anilines is 2. The van der Waals surface area contributed by atoms with Crippen LogP contribution in [0.4, 0.5) is 11.4 Å². The molecule has 0 bridgehead atoms. The van der Waals surface area contributed by atoms with Crippen molar-refractivity contribution in [2.24, 2.45) is 0 Å². The van der Waals surface area contributed by atoms with Crippen LogP contribution in [0.3, 0.4) is 0 Å². The molecule has 0 aliphatic carbocycles. The van der Waals surface area contributed by atoms with Crippen molar-refractivity contribution in [1.29, 1.82) is 0 Å². The normalized spacial score (nSPS) is 10.5. The lowest BCUT2D eigenvalue weighted by Crippen LogP contribution is -2.11. The van der Waals surface area contributed by atoms with Gasteiger partial charge in [-0.1, -0.05) is 12.1 Å². The molecule has 2 rings (SSSR count). The van der Waals surface area contributed by atoms with Gasteiger partial charge in [0.05, 0.1) is 24.6 Å². The number of hydrogen-bond donors (Lipinski definition) is 2. The Bertz CT molecular complexity index is 600. The lowest BCUT2D eigenvalue weighted by molar-refractivity contribution is 0.230. The van der Waals surface area contributed by atoms with E-state index in [9.17, 15) is 0 Å². The monoisotopic (exact) mass is 287 g/mol. The van der Waals surface area contributed by atoms with E-state index in [2.05, 4.69) is 10.3 Å². The summed E-state index contributed by atoms with van der Waals surface area (Å²) in [5.41, 5.74) is 8.44. The number of benzene rings is 1. The smallest absolute Gasteiger partial charge is 0.218 e. The summed E-state index contributed by atoms with van der Waals surface area (Å²) >= 11 is 0. The van der Waals surface area contributed by atoms with Gasteiger partial charge in [-0.05, 0) is 32.0 Å². The summed E-state index contributed by atoms with van der Waals surface area (Å²) in [7, 11) is 1.60. The van der Waals surface area contributed by atoms with E-state index in [-0.39, 0.29) is 6.10 Å². The molecule has 5 heteroatoms. The summed E-state index contributed by atoms with van der Waals surface area (Å²) < 4.78 is 10.9. The maximum atomic E-state index is 6.04. The third kappa shape index (κ3) is 3.78. The van der Waals surface area contributed by atoms with Gasteiger partial charge in [0.1, 0.15) is 5.75 Å². The van der Waals surface area contributed by atoms with Gasteiger partial charge >= 0.3 is 0 Å². The third-order valence-corrected chi connectivity index (χ3v) is 2.95. The van der Waals surface area contributed by atoms with Gasteiger partial charge in [0.25, 0.3) is 0 Å². The van der Waals surface area contributed by atoms with E-state index in [4.69, 9.17) is 15.2 Å². The van der Waals surface area contributed by atoms with Crippen LogP contribution < -0.4 is 20.5 Å².